The van der Waals surface area contributed by atoms with Gasteiger partial charge in [-0.05, 0) is 19.3 Å². The molecule has 0 atom stereocenters. The van der Waals surface area contributed by atoms with Crippen LogP contribution in [-0.2, 0) is 14.6 Å². The summed E-state index contributed by atoms with van der Waals surface area (Å²) in [6, 6.07) is 0. The predicted octanol–water partition coefficient (Wildman–Crippen LogP) is 2.21. The lowest BCUT2D eigenvalue weighted by Gasteiger charge is -2.04. The molecule has 0 saturated carbocycles. The maximum absolute atomic E-state index is 11.3. The molecule has 0 N–H and O–H groups in total. The Morgan fingerprint density at radius 1 is 1.13 bits per heavy atom. The van der Waals surface area contributed by atoms with Gasteiger partial charge in [0.1, 0.15) is 15.6 Å². The van der Waals surface area contributed by atoms with Gasteiger partial charge in [-0.3, -0.25) is 4.79 Å². The molecule has 0 aliphatic heterocycles. The first-order valence-electron chi connectivity index (χ1n) is 5.62. The smallest absolute Gasteiger partial charge is 0.150 e. The average molecular weight is 234 g/mol. The molecule has 3 nitrogen and oxygen atoms in total. The maximum atomic E-state index is 11.3. The predicted molar refractivity (Wildman–Crippen MR) is 62.6 cm³/mol. The van der Waals surface area contributed by atoms with Crippen LogP contribution in [0.5, 0.6) is 0 Å². The Balaban J connectivity index is 3.68. The third kappa shape index (κ3) is 7.54. The standard InChI is InChI=1S/C11H22O3S/c1-4-8-15(13,14)9-6-5-7-11(12)10(2)3/h10H,4-9H2,1-3H3. The summed E-state index contributed by atoms with van der Waals surface area (Å²) in [5.74, 6) is 0.789. The topological polar surface area (TPSA) is 51.2 Å². The molecule has 0 aromatic heterocycles. The summed E-state index contributed by atoms with van der Waals surface area (Å²) in [6.45, 7) is 5.60. The van der Waals surface area contributed by atoms with Gasteiger partial charge in [-0.15, -0.1) is 0 Å². The quantitative estimate of drug-likeness (QED) is 0.605. The molecule has 0 rings (SSSR count). The summed E-state index contributed by atoms with van der Waals surface area (Å²) in [6.07, 6.45) is 2.49. The molecule has 0 heterocycles. The summed E-state index contributed by atoms with van der Waals surface area (Å²) in [5.41, 5.74) is 0. The van der Waals surface area contributed by atoms with E-state index in [1.165, 1.54) is 0 Å². The zero-order valence-electron chi connectivity index (χ0n) is 9.95. The average Bonchev–Trinajstić information content (AvgIpc) is 2.11. The number of carbonyl (C=O) groups is 1. The number of carbonyl (C=O) groups excluding carboxylic acids is 1. The minimum absolute atomic E-state index is 0.0669. The maximum Gasteiger partial charge on any atom is 0.150 e. The van der Waals surface area contributed by atoms with Crippen molar-refractivity contribution in [2.24, 2.45) is 5.92 Å². The van der Waals surface area contributed by atoms with E-state index in [1.807, 2.05) is 20.8 Å². The molecule has 0 aliphatic carbocycles. The molecule has 0 saturated heterocycles. The van der Waals surface area contributed by atoms with Gasteiger partial charge < -0.3 is 0 Å². The van der Waals surface area contributed by atoms with E-state index >= 15 is 0 Å². The van der Waals surface area contributed by atoms with Crippen molar-refractivity contribution in [2.45, 2.75) is 46.5 Å². The first-order chi connectivity index (χ1) is 6.89. The lowest BCUT2D eigenvalue weighted by Crippen LogP contribution is -2.12. The second-order valence-electron chi connectivity index (χ2n) is 4.23. The van der Waals surface area contributed by atoms with E-state index in [-0.39, 0.29) is 23.2 Å². The van der Waals surface area contributed by atoms with E-state index in [1.54, 1.807) is 0 Å². The first-order valence-corrected chi connectivity index (χ1v) is 7.44. The Kier molecular flexibility index (Phi) is 6.81. The Bertz CT molecular complexity index is 278. The molecule has 0 amide bonds. The molecule has 0 radical (unpaired) electrons. The number of unbranched alkanes of at least 4 members (excludes halogenated alkanes) is 1. The van der Waals surface area contributed by atoms with Crippen molar-refractivity contribution in [3.8, 4) is 0 Å². The molecule has 0 spiro atoms. The van der Waals surface area contributed by atoms with Crippen molar-refractivity contribution >= 4 is 15.6 Å². The van der Waals surface area contributed by atoms with E-state index < -0.39 is 9.84 Å². The summed E-state index contributed by atoms with van der Waals surface area (Å²) in [5, 5.41) is 0. The normalized spacial score (nSPS) is 12.0. The third-order valence-corrected chi connectivity index (χ3v) is 4.23. The van der Waals surface area contributed by atoms with Gasteiger partial charge >= 0.3 is 0 Å². The first kappa shape index (κ1) is 14.6. The summed E-state index contributed by atoms with van der Waals surface area (Å²) in [4.78, 5) is 11.2. The van der Waals surface area contributed by atoms with Gasteiger partial charge in [0.05, 0.1) is 5.75 Å². The van der Waals surface area contributed by atoms with Gasteiger partial charge in [-0.1, -0.05) is 20.8 Å². The molecule has 15 heavy (non-hydrogen) atoms. The minimum Gasteiger partial charge on any atom is -0.299 e. The van der Waals surface area contributed by atoms with Crippen LogP contribution in [0.4, 0.5) is 0 Å². The highest BCUT2D eigenvalue weighted by Gasteiger charge is 2.10. The zero-order valence-corrected chi connectivity index (χ0v) is 10.8. The van der Waals surface area contributed by atoms with E-state index in [0.717, 1.165) is 0 Å². The van der Waals surface area contributed by atoms with E-state index in [0.29, 0.717) is 25.7 Å². The molecule has 0 fully saturated rings. The van der Waals surface area contributed by atoms with Gasteiger partial charge in [-0.25, -0.2) is 8.42 Å². The van der Waals surface area contributed by atoms with Gasteiger partial charge in [0.15, 0.2) is 0 Å². The Labute approximate surface area is 93.2 Å². The largest absolute Gasteiger partial charge is 0.299 e. The van der Waals surface area contributed by atoms with E-state index in [2.05, 4.69) is 0 Å². The number of hydrogen-bond acceptors (Lipinski definition) is 3. The summed E-state index contributed by atoms with van der Waals surface area (Å²) >= 11 is 0. The van der Waals surface area contributed by atoms with Crippen molar-refractivity contribution in [3.63, 3.8) is 0 Å². The van der Waals surface area contributed by atoms with Crippen molar-refractivity contribution in [3.05, 3.63) is 0 Å². The Morgan fingerprint density at radius 3 is 2.20 bits per heavy atom. The van der Waals surface area contributed by atoms with Crippen LogP contribution in [0.2, 0.25) is 0 Å². The van der Waals surface area contributed by atoms with Crippen LogP contribution in [0.3, 0.4) is 0 Å². The number of Topliss-reactive ketones (excluding diaryl/α,β-unsaturated/α-hetero) is 1. The molecule has 0 aliphatic rings. The van der Waals surface area contributed by atoms with Crippen LogP contribution >= 0.6 is 0 Å². The number of hydrogen-bond donors (Lipinski definition) is 0. The molecular weight excluding hydrogens is 212 g/mol. The fourth-order valence-electron chi connectivity index (χ4n) is 1.32. The molecule has 0 aromatic rings. The molecule has 0 unspecified atom stereocenters. The fraction of sp³-hybridized carbons (Fsp3) is 0.909. The van der Waals surface area contributed by atoms with Crippen LogP contribution < -0.4 is 0 Å². The lowest BCUT2D eigenvalue weighted by molar-refractivity contribution is -0.121. The number of ketones is 1. The molecule has 0 aromatic carbocycles. The summed E-state index contributed by atoms with van der Waals surface area (Å²) in [7, 11) is -2.86. The van der Waals surface area contributed by atoms with Crippen LogP contribution in [0.1, 0.15) is 46.5 Å². The monoisotopic (exact) mass is 234 g/mol. The van der Waals surface area contributed by atoms with Gasteiger partial charge in [-0.2, -0.15) is 0 Å². The van der Waals surface area contributed by atoms with Crippen LogP contribution in [-0.4, -0.2) is 25.7 Å². The Hall–Kier alpha value is -0.380. The van der Waals surface area contributed by atoms with Crippen LogP contribution in [0.25, 0.3) is 0 Å². The lowest BCUT2D eigenvalue weighted by atomic mass is 10.0. The molecule has 4 heteroatoms. The van der Waals surface area contributed by atoms with Crippen molar-refractivity contribution in [2.75, 3.05) is 11.5 Å². The van der Waals surface area contributed by atoms with Crippen molar-refractivity contribution in [1.29, 1.82) is 0 Å². The molecule has 90 valence electrons. The summed E-state index contributed by atoms with van der Waals surface area (Å²) < 4.78 is 22.6. The Morgan fingerprint density at radius 2 is 1.73 bits per heavy atom. The highest BCUT2D eigenvalue weighted by atomic mass is 32.2. The molecule has 0 bridgehead atoms. The minimum atomic E-state index is -2.86. The number of sulfone groups is 1. The van der Waals surface area contributed by atoms with Crippen molar-refractivity contribution in [1.82, 2.24) is 0 Å². The number of rotatable bonds is 8. The van der Waals surface area contributed by atoms with E-state index in [9.17, 15) is 13.2 Å². The van der Waals surface area contributed by atoms with Crippen LogP contribution in [0, 0.1) is 5.92 Å². The fourth-order valence-corrected chi connectivity index (χ4v) is 2.79. The second kappa shape index (κ2) is 6.99. The third-order valence-electron chi connectivity index (χ3n) is 2.29. The van der Waals surface area contributed by atoms with Crippen LogP contribution in [0.15, 0.2) is 0 Å². The second-order valence-corrected chi connectivity index (χ2v) is 6.53. The van der Waals surface area contributed by atoms with Gasteiger partial charge in [0.2, 0.25) is 0 Å². The highest BCUT2D eigenvalue weighted by molar-refractivity contribution is 7.91. The van der Waals surface area contributed by atoms with Gasteiger partial charge in [0.25, 0.3) is 0 Å². The zero-order chi connectivity index (χ0) is 11.9. The molecular formula is C11H22O3S. The SMILES string of the molecule is CCCS(=O)(=O)CCCCC(=O)C(C)C. The van der Waals surface area contributed by atoms with Crippen molar-refractivity contribution < 1.29 is 13.2 Å². The highest BCUT2D eigenvalue weighted by Crippen LogP contribution is 2.06. The van der Waals surface area contributed by atoms with E-state index in [4.69, 9.17) is 0 Å². The van der Waals surface area contributed by atoms with Gasteiger partial charge in [0, 0.05) is 18.1 Å².